The van der Waals surface area contributed by atoms with Gasteiger partial charge in [0, 0.05) is 0 Å². The molecule has 0 unspecified atom stereocenters. The average molecular weight is 497 g/mol. The number of benzene rings is 2. The van der Waals surface area contributed by atoms with Gasteiger partial charge in [0.1, 0.15) is 5.75 Å². The number of carboxylic acids is 1. The molecule has 0 radical (unpaired) electrons. The number of unbranched alkanes of at least 4 members (excludes halogenated alkanes) is 11. The summed E-state index contributed by atoms with van der Waals surface area (Å²) in [5, 5.41) is 17.1. The zero-order valence-corrected chi connectivity index (χ0v) is 21.5. The Balaban J connectivity index is 1.50. The fourth-order valence-electron chi connectivity index (χ4n) is 3.71. The van der Waals surface area contributed by atoms with Crippen molar-refractivity contribution in [1.82, 2.24) is 0 Å². The Morgan fingerprint density at radius 3 is 1.67 bits per heavy atom. The number of carbonyl (C=O) groups is 2. The SMILES string of the molecule is CCCCCCCCCCCCCCOC(=O)COc1ccc(N=Nc2ccc(C(=O)O)cc2)cc1. The predicted molar refractivity (Wildman–Crippen MR) is 142 cm³/mol. The zero-order valence-electron chi connectivity index (χ0n) is 21.5. The summed E-state index contributed by atoms with van der Waals surface area (Å²) in [6.45, 7) is 2.56. The van der Waals surface area contributed by atoms with Gasteiger partial charge in [-0.3, -0.25) is 0 Å². The minimum absolute atomic E-state index is 0.130. The van der Waals surface area contributed by atoms with Crippen molar-refractivity contribution in [2.75, 3.05) is 13.2 Å². The standard InChI is InChI=1S/C29H40N2O5/c1-2-3-4-5-6-7-8-9-10-11-12-13-22-35-28(32)23-36-27-20-18-26(19-21-27)31-30-25-16-14-24(15-17-25)29(33)34/h14-21H,2-13,22-23H2,1H3,(H,33,34). The summed E-state index contributed by atoms with van der Waals surface area (Å²) in [4.78, 5) is 22.8. The van der Waals surface area contributed by atoms with Gasteiger partial charge in [0.05, 0.1) is 23.5 Å². The van der Waals surface area contributed by atoms with E-state index in [4.69, 9.17) is 14.6 Å². The number of hydrogen-bond donors (Lipinski definition) is 1. The van der Waals surface area contributed by atoms with Gasteiger partial charge < -0.3 is 14.6 Å². The molecule has 196 valence electrons. The maximum Gasteiger partial charge on any atom is 0.344 e. The predicted octanol–water partition coefficient (Wildman–Crippen LogP) is 8.42. The van der Waals surface area contributed by atoms with E-state index in [9.17, 15) is 9.59 Å². The Kier molecular flexibility index (Phi) is 14.6. The first-order valence-corrected chi connectivity index (χ1v) is 13.2. The Morgan fingerprint density at radius 1 is 0.694 bits per heavy atom. The fourth-order valence-corrected chi connectivity index (χ4v) is 3.71. The van der Waals surface area contributed by atoms with Gasteiger partial charge in [0.25, 0.3) is 0 Å². The zero-order chi connectivity index (χ0) is 25.8. The van der Waals surface area contributed by atoms with Crippen LogP contribution in [0.5, 0.6) is 5.75 Å². The molecule has 0 aliphatic rings. The van der Waals surface area contributed by atoms with Crippen LogP contribution in [0.2, 0.25) is 0 Å². The van der Waals surface area contributed by atoms with Gasteiger partial charge in [-0.1, -0.05) is 77.6 Å². The molecular formula is C29H40N2O5. The molecule has 2 aromatic rings. The highest BCUT2D eigenvalue weighted by atomic mass is 16.6. The summed E-state index contributed by atoms with van der Waals surface area (Å²) in [7, 11) is 0. The molecule has 0 spiro atoms. The highest BCUT2D eigenvalue weighted by molar-refractivity contribution is 5.87. The molecule has 0 amide bonds. The molecule has 0 saturated heterocycles. The minimum atomic E-state index is -0.984. The van der Waals surface area contributed by atoms with Gasteiger partial charge in [0.15, 0.2) is 6.61 Å². The molecule has 7 heteroatoms. The second-order valence-corrected chi connectivity index (χ2v) is 8.94. The van der Waals surface area contributed by atoms with Crippen LogP contribution in [0.3, 0.4) is 0 Å². The summed E-state index contributed by atoms with van der Waals surface area (Å²) in [6.07, 6.45) is 15.3. The Bertz CT molecular complexity index is 910. The number of azo groups is 1. The van der Waals surface area contributed by atoms with Gasteiger partial charge in [0.2, 0.25) is 0 Å². The lowest BCUT2D eigenvalue weighted by molar-refractivity contribution is -0.146. The molecule has 0 aliphatic heterocycles. The van der Waals surface area contributed by atoms with Crippen LogP contribution in [0.15, 0.2) is 58.8 Å². The first kappa shape index (κ1) is 29.0. The van der Waals surface area contributed by atoms with Crippen LogP contribution in [0, 0.1) is 0 Å². The van der Waals surface area contributed by atoms with Crippen molar-refractivity contribution in [2.45, 2.75) is 84.0 Å². The number of nitrogens with zero attached hydrogens (tertiary/aromatic N) is 2. The van der Waals surface area contributed by atoms with Crippen LogP contribution < -0.4 is 4.74 Å². The van der Waals surface area contributed by atoms with E-state index in [0.29, 0.717) is 23.7 Å². The van der Waals surface area contributed by atoms with E-state index in [2.05, 4.69) is 17.2 Å². The van der Waals surface area contributed by atoms with E-state index in [1.54, 1.807) is 36.4 Å². The van der Waals surface area contributed by atoms with Crippen LogP contribution in [-0.4, -0.2) is 30.3 Å². The van der Waals surface area contributed by atoms with Crippen LogP contribution in [0.4, 0.5) is 11.4 Å². The molecular weight excluding hydrogens is 456 g/mol. The van der Waals surface area contributed by atoms with Crippen molar-refractivity contribution in [2.24, 2.45) is 10.2 Å². The molecule has 7 nitrogen and oxygen atoms in total. The average Bonchev–Trinajstić information content (AvgIpc) is 2.89. The number of carboxylic acid groups (broad SMARTS) is 1. The minimum Gasteiger partial charge on any atom is -0.482 e. The number of aromatic carboxylic acids is 1. The number of carbonyl (C=O) groups excluding carboxylic acids is 1. The number of esters is 1. The highest BCUT2D eigenvalue weighted by Crippen LogP contribution is 2.21. The highest BCUT2D eigenvalue weighted by Gasteiger charge is 2.05. The first-order chi connectivity index (χ1) is 17.6. The van der Waals surface area contributed by atoms with Crippen LogP contribution in [-0.2, 0) is 9.53 Å². The Hall–Kier alpha value is -3.22. The quantitative estimate of drug-likeness (QED) is 0.120. The largest absolute Gasteiger partial charge is 0.482 e. The molecule has 2 rings (SSSR count). The van der Waals surface area contributed by atoms with E-state index < -0.39 is 5.97 Å². The summed E-state index contributed by atoms with van der Waals surface area (Å²) in [6, 6.07) is 13.0. The van der Waals surface area contributed by atoms with Crippen molar-refractivity contribution >= 4 is 23.3 Å². The monoisotopic (exact) mass is 496 g/mol. The van der Waals surface area contributed by atoms with Gasteiger partial charge in [-0.25, -0.2) is 9.59 Å². The maximum absolute atomic E-state index is 11.9. The van der Waals surface area contributed by atoms with E-state index in [1.807, 2.05) is 0 Å². The molecule has 0 aliphatic carbocycles. The van der Waals surface area contributed by atoms with Gasteiger partial charge in [-0.05, 0) is 55.0 Å². The van der Waals surface area contributed by atoms with E-state index in [1.165, 1.54) is 76.3 Å². The normalized spacial score (nSPS) is 11.0. The topological polar surface area (TPSA) is 97.5 Å². The molecule has 36 heavy (non-hydrogen) atoms. The van der Waals surface area contributed by atoms with Gasteiger partial charge in [-0.2, -0.15) is 10.2 Å². The van der Waals surface area contributed by atoms with E-state index >= 15 is 0 Å². The summed E-state index contributed by atoms with van der Waals surface area (Å²) in [5.74, 6) is -0.809. The molecule has 0 saturated carbocycles. The van der Waals surface area contributed by atoms with Crippen molar-refractivity contribution < 1.29 is 24.2 Å². The number of hydrogen-bond acceptors (Lipinski definition) is 6. The molecule has 0 bridgehead atoms. The third-order valence-electron chi connectivity index (χ3n) is 5.85. The second-order valence-electron chi connectivity index (χ2n) is 8.94. The second kappa shape index (κ2) is 18.1. The Labute approximate surface area is 214 Å². The molecule has 0 aromatic heterocycles. The first-order valence-electron chi connectivity index (χ1n) is 13.2. The van der Waals surface area contributed by atoms with E-state index in [0.717, 1.165) is 12.8 Å². The van der Waals surface area contributed by atoms with Gasteiger partial charge >= 0.3 is 11.9 Å². The lowest BCUT2D eigenvalue weighted by Crippen LogP contribution is -2.15. The maximum atomic E-state index is 11.9. The summed E-state index contributed by atoms with van der Waals surface area (Å²) < 4.78 is 10.7. The van der Waals surface area contributed by atoms with Gasteiger partial charge in [-0.15, -0.1) is 0 Å². The van der Waals surface area contributed by atoms with E-state index in [-0.39, 0.29) is 18.1 Å². The van der Waals surface area contributed by atoms with Crippen LogP contribution >= 0.6 is 0 Å². The van der Waals surface area contributed by atoms with Crippen molar-refractivity contribution in [3.05, 3.63) is 54.1 Å². The molecule has 0 fully saturated rings. The van der Waals surface area contributed by atoms with Crippen molar-refractivity contribution in [1.29, 1.82) is 0 Å². The third-order valence-corrected chi connectivity index (χ3v) is 5.85. The summed E-state index contributed by atoms with van der Waals surface area (Å²) >= 11 is 0. The van der Waals surface area contributed by atoms with Crippen LogP contribution in [0.1, 0.15) is 94.3 Å². The van der Waals surface area contributed by atoms with Crippen molar-refractivity contribution in [3.8, 4) is 5.75 Å². The molecule has 0 atom stereocenters. The summed E-state index contributed by atoms with van der Waals surface area (Å²) in [5.41, 5.74) is 1.36. The fraction of sp³-hybridized carbons (Fsp3) is 0.517. The Morgan fingerprint density at radius 2 is 1.17 bits per heavy atom. The lowest BCUT2D eigenvalue weighted by Gasteiger charge is -2.07. The van der Waals surface area contributed by atoms with Crippen molar-refractivity contribution in [3.63, 3.8) is 0 Å². The smallest absolute Gasteiger partial charge is 0.344 e. The number of rotatable bonds is 19. The molecule has 1 N–H and O–H groups in total. The number of ether oxygens (including phenoxy) is 2. The van der Waals surface area contributed by atoms with Crippen LogP contribution in [0.25, 0.3) is 0 Å². The lowest BCUT2D eigenvalue weighted by atomic mass is 10.1. The third kappa shape index (κ3) is 13.0. The molecule has 2 aromatic carbocycles. The molecule has 0 heterocycles.